The molecule has 0 radical (unpaired) electrons. The number of thiazole rings is 1. The molecule has 0 aliphatic carbocycles. The zero-order chi connectivity index (χ0) is 13.2. The lowest BCUT2D eigenvalue weighted by atomic mass is 10.2. The minimum absolute atomic E-state index is 0.128. The molecule has 0 saturated carbocycles. The van der Waals surface area contributed by atoms with E-state index in [1.54, 1.807) is 11.6 Å². The molecule has 2 rings (SSSR count). The van der Waals surface area contributed by atoms with Crippen molar-refractivity contribution >= 4 is 50.6 Å². The molecule has 0 spiro atoms. The third-order valence-electron chi connectivity index (χ3n) is 1.96. The van der Waals surface area contributed by atoms with E-state index >= 15 is 0 Å². The average molecular weight is 301 g/mol. The van der Waals surface area contributed by atoms with Crippen molar-refractivity contribution in [3.63, 3.8) is 0 Å². The summed E-state index contributed by atoms with van der Waals surface area (Å²) in [5.74, 6) is -0.128. The van der Waals surface area contributed by atoms with Crippen molar-refractivity contribution in [2.75, 3.05) is 11.1 Å². The van der Waals surface area contributed by atoms with Crippen molar-refractivity contribution in [1.82, 2.24) is 15.2 Å². The van der Waals surface area contributed by atoms with Crippen molar-refractivity contribution in [3.8, 4) is 0 Å². The van der Waals surface area contributed by atoms with Crippen LogP contribution in [0.15, 0.2) is 15.9 Å². The molecule has 0 aliphatic heterocycles. The van der Waals surface area contributed by atoms with E-state index in [2.05, 4.69) is 20.5 Å². The van der Waals surface area contributed by atoms with Crippen LogP contribution in [0.5, 0.6) is 0 Å². The first-order valence-corrected chi connectivity index (χ1v) is 7.47. The fraction of sp³-hybridized carbons (Fsp3) is 0.333. The van der Waals surface area contributed by atoms with E-state index in [-0.39, 0.29) is 5.91 Å². The van der Waals surface area contributed by atoms with Gasteiger partial charge in [0.2, 0.25) is 11.0 Å². The summed E-state index contributed by atoms with van der Waals surface area (Å²) in [6.07, 6.45) is 1.64. The summed E-state index contributed by atoms with van der Waals surface area (Å²) in [6.45, 7) is 3.64. The van der Waals surface area contributed by atoms with Gasteiger partial charge in [-0.2, -0.15) is 0 Å². The number of carbonyl (C=O) groups excluding carboxylic acids is 1. The normalized spacial score (nSPS) is 11.4. The minimum atomic E-state index is -0.669. The predicted octanol–water partition coefficient (Wildman–Crippen LogP) is 2.09. The van der Waals surface area contributed by atoms with Gasteiger partial charge in [-0.3, -0.25) is 4.79 Å². The van der Waals surface area contributed by atoms with Crippen molar-refractivity contribution in [1.29, 1.82) is 0 Å². The maximum Gasteiger partial charge on any atom is 0.242 e. The van der Waals surface area contributed by atoms with Gasteiger partial charge in [-0.05, 0) is 13.8 Å². The van der Waals surface area contributed by atoms with Crippen LogP contribution >= 0.6 is 34.4 Å². The van der Waals surface area contributed by atoms with Crippen LogP contribution in [-0.4, -0.2) is 25.8 Å². The molecule has 0 saturated heterocycles. The molecule has 0 aromatic carbocycles. The number of amides is 1. The molecule has 96 valence electrons. The summed E-state index contributed by atoms with van der Waals surface area (Å²) in [5, 5.41) is 13.2. The lowest BCUT2D eigenvalue weighted by Gasteiger charge is -2.20. The van der Waals surface area contributed by atoms with Crippen LogP contribution in [0.4, 0.5) is 10.3 Å². The van der Waals surface area contributed by atoms with Crippen LogP contribution in [0.1, 0.15) is 13.8 Å². The van der Waals surface area contributed by atoms with Crippen LogP contribution < -0.4 is 11.1 Å². The number of nitrogens with two attached hydrogens (primary N) is 1. The van der Waals surface area contributed by atoms with E-state index < -0.39 is 4.75 Å². The van der Waals surface area contributed by atoms with Gasteiger partial charge in [-0.15, -0.1) is 21.5 Å². The second-order valence-corrected chi connectivity index (χ2v) is 7.58. The number of thioether (sulfide) groups is 1. The summed E-state index contributed by atoms with van der Waals surface area (Å²) in [6, 6.07) is 0. The Bertz CT molecular complexity index is 536. The van der Waals surface area contributed by atoms with Crippen LogP contribution in [0, 0.1) is 0 Å². The van der Waals surface area contributed by atoms with Crippen molar-refractivity contribution in [2.24, 2.45) is 0 Å². The second kappa shape index (κ2) is 5.21. The number of hydrogen-bond donors (Lipinski definition) is 2. The SMILES string of the molecule is CC(C)(Sc1nnc(N)s1)C(=O)Nc1nccs1. The Labute approximate surface area is 116 Å². The number of aromatic nitrogens is 3. The van der Waals surface area contributed by atoms with E-state index in [9.17, 15) is 4.79 Å². The topological polar surface area (TPSA) is 93.8 Å². The number of nitrogens with one attached hydrogen (secondary N) is 1. The summed E-state index contributed by atoms with van der Waals surface area (Å²) in [4.78, 5) is 16.1. The highest BCUT2D eigenvalue weighted by atomic mass is 32.2. The van der Waals surface area contributed by atoms with Gasteiger partial charge in [0.1, 0.15) is 0 Å². The molecule has 3 N–H and O–H groups in total. The number of carbonyl (C=O) groups is 1. The fourth-order valence-electron chi connectivity index (χ4n) is 1.06. The molecule has 2 heterocycles. The largest absolute Gasteiger partial charge is 0.374 e. The quantitative estimate of drug-likeness (QED) is 0.840. The standard InChI is InChI=1S/C9H11N5OS3/c1-9(2,18-8-14-13-6(10)17-8)5(15)12-7-11-3-4-16-7/h3-4H,1-2H3,(H2,10,13)(H,11,12,15). The monoisotopic (exact) mass is 301 g/mol. The van der Waals surface area contributed by atoms with Gasteiger partial charge in [0.05, 0.1) is 4.75 Å². The summed E-state index contributed by atoms with van der Waals surface area (Å²) in [7, 11) is 0. The molecule has 0 atom stereocenters. The Balaban J connectivity index is 2.03. The Hall–Kier alpha value is -1.19. The first kappa shape index (κ1) is 13.2. The molecule has 0 aliphatic rings. The third-order valence-corrected chi connectivity index (χ3v) is 4.65. The predicted molar refractivity (Wildman–Crippen MR) is 75.0 cm³/mol. The first-order valence-electron chi connectivity index (χ1n) is 4.96. The molecule has 2 aromatic rings. The molecule has 18 heavy (non-hydrogen) atoms. The average Bonchev–Trinajstić information content (AvgIpc) is 2.90. The number of nitrogens with zero attached hydrogens (tertiary/aromatic N) is 3. The lowest BCUT2D eigenvalue weighted by Crippen LogP contribution is -2.33. The molecule has 0 bridgehead atoms. The molecule has 0 unspecified atom stereocenters. The summed E-state index contributed by atoms with van der Waals surface area (Å²) in [5.41, 5.74) is 5.51. The van der Waals surface area contributed by atoms with Crippen molar-refractivity contribution < 1.29 is 4.79 Å². The zero-order valence-electron chi connectivity index (χ0n) is 9.71. The van der Waals surface area contributed by atoms with E-state index in [1.165, 1.54) is 34.4 Å². The van der Waals surface area contributed by atoms with Crippen LogP contribution in [0.25, 0.3) is 0 Å². The highest BCUT2D eigenvalue weighted by Gasteiger charge is 2.31. The van der Waals surface area contributed by atoms with Gasteiger partial charge in [-0.1, -0.05) is 23.1 Å². The lowest BCUT2D eigenvalue weighted by molar-refractivity contribution is -0.117. The fourth-order valence-corrected chi connectivity index (χ4v) is 3.63. The van der Waals surface area contributed by atoms with Crippen LogP contribution in [-0.2, 0) is 4.79 Å². The highest BCUT2D eigenvalue weighted by molar-refractivity contribution is 8.03. The van der Waals surface area contributed by atoms with Gasteiger partial charge in [0.15, 0.2) is 9.47 Å². The number of rotatable bonds is 4. The maximum atomic E-state index is 12.1. The maximum absolute atomic E-state index is 12.1. The van der Waals surface area contributed by atoms with Gasteiger partial charge in [-0.25, -0.2) is 4.98 Å². The van der Waals surface area contributed by atoms with E-state index in [0.29, 0.717) is 14.6 Å². The number of nitrogen functional groups attached to an aromatic ring is 1. The van der Waals surface area contributed by atoms with Gasteiger partial charge < -0.3 is 11.1 Å². The Morgan fingerprint density at radius 1 is 1.50 bits per heavy atom. The number of anilines is 2. The third kappa shape index (κ3) is 3.18. The van der Waals surface area contributed by atoms with Crippen LogP contribution in [0.3, 0.4) is 0 Å². The smallest absolute Gasteiger partial charge is 0.242 e. The molecular formula is C9H11N5OS3. The molecular weight excluding hydrogens is 290 g/mol. The second-order valence-electron chi connectivity index (χ2n) is 3.81. The highest BCUT2D eigenvalue weighted by Crippen LogP contribution is 2.35. The van der Waals surface area contributed by atoms with Crippen LogP contribution in [0.2, 0.25) is 0 Å². The molecule has 1 amide bonds. The van der Waals surface area contributed by atoms with E-state index in [4.69, 9.17) is 5.73 Å². The minimum Gasteiger partial charge on any atom is -0.374 e. The zero-order valence-corrected chi connectivity index (χ0v) is 12.2. The van der Waals surface area contributed by atoms with Crippen molar-refractivity contribution in [3.05, 3.63) is 11.6 Å². The Kier molecular flexibility index (Phi) is 3.83. The summed E-state index contributed by atoms with van der Waals surface area (Å²) >= 11 is 3.97. The molecule has 2 aromatic heterocycles. The number of hydrogen-bond acceptors (Lipinski definition) is 8. The first-order chi connectivity index (χ1) is 8.47. The molecule has 6 nitrogen and oxygen atoms in total. The van der Waals surface area contributed by atoms with Gasteiger partial charge >= 0.3 is 0 Å². The van der Waals surface area contributed by atoms with Gasteiger partial charge in [0, 0.05) is 11.6 Å². The molecule has 0 fully saturated rings. The van der Waals surface area contributed by atoms with E-state index in [0.717, 1.165) is 0 Å². The molecule has 9 heteroatoms. The van der Waals surface area contributed by atoms with Crippen molar-refractivity contribution in [2.45, 2.75) is 22.9 Å². The van der Waals surface area contributed by atoms with E-state index in [1.807, 2.05) is 13.8 Å². The Morgan fingerprint density at radius 3 is 2.83 bits per heavy atom. The summed E-state index contributed by atoms with van der Waals surface area (Å²) < 4.78 is 0.00395. The van der Waals surface area contributed by atoms with Gasteiger partial charge in [0.25, 0.3) is 0 Å². The Morgan fingerprint density at radius 2 is 2.28 bits per heavy atom.